The van der Waals surface area contributed by atoms with E-state index in [4.69, 9.17) is 15.2 Å². The number of halogens is 1. The second kappa shape index (κ2) is 7.25. The lowest BCUT2D eigenvalue weighted by Crippen LogP contribution is -2.15. The van der Waals surface area contributed by atoms with E-state index in [1.54, 1.807) is 18.4 Å². The maximum absolute atomic E-state index is 6.50. The van der Waals surface area contributed by atoms with E-state index in [1.807, 2.05) is 42.5 Å². The van der Waals surface area contributed by atoms with E-state index in [-0.39, 0.29) is 6.10 Å². The first-order chi connectivity index (χ1) is 14.2. The molecule has 2 heterocycles. The van der Waals surface area contributed by atoms with Crippen LogP contribution in [0.15, 0.2) is 76.6 Å². The maximum atomic E-state index is 6.50. The topological polar surface area (TPSA) is 44.5 Å². The van der Waals surface area contributed by atoms with Crippen LogP contribution in [-0.4, -0.2) is 7.11 Å². The monoisotopic (exact) mass is 463 g/mol. The van der Waals surface area contributed by atoms with Crippen molar-refractivity contribution in [2.75, 3.05) is 12.8 Å². The summed E-state index contributed by atoms with van der Waals surface area (Å²) in [6.07, 6.45) is -0.189. The predicted molar refractivity (Wildman–Crippen MR) is 123 cm³/mol. The van der Waals surface area contributed by atoms with Crippen LogP contribution in [0.1, 0.15) is 16.5 Å². The van der Waals surface area contributed by atoms with E-state index < -0.39 is 0 Å². The van der Waals surface area contributed by atoms with Crippen LogP contribution in [0.25, 0.3) is 22.3 Å². The van der Waals surface area contributed by atoms with E-state index in [0.717, 1.165) is 53.7 Å². The van der Waals surface area contributed by atoms with Gasteiger partial charge < -0.3 is 15.2 Å². The highest BCUT2D eigenvalue weighted by atomic mass is 79.9. The number of methoxy groups -OCH3 is 1. The maximum Gasteiger partial charge on any atom is 0.159 e. The molecule has 5 rings (SSSR count). The van der Waals surface area contributed by atoms with E-state index in [9.17, 15) is 0 Å². The number of rotatable bonds is 3. The highest BCUT2D eigenvalue weighted by Crippen LogP contribution is 2.50. The molecule has 144 valence electrons. The SMILES string of the molecule is COc1cccc2c1-c1ccc(-c3ccccc3N)cc1C(c1ccc(Br)s1)O2. The third-order valence-corrected chi connectivity index (χ3v) is 6.85. The van der Waals surface area contributed by atoms with Crippen LogP contribution < -0.4 is 15.2 Å². The Morgan fingerprint density at radius 1 is 0.966 bits per heavy atom. The van der Waals surface area contributed by atoms with Crippen LogP contribution in [0.5, 0.6) is 11.5 Å². The molecule has 5 heteroatoms. The number of anilines is 1. The lowest BCUT2D eigenvalue weighted by atomic mass is 9.88. The standard InChI is InChI=1S/C24H18BrNO2S/c1-27-19-7-4-8-20-23(19)16-10-9-14(15-5-2-3-6-18(15)26)13-17(16)24(28-20)21-11-12-22(25)29-21/h2-13,24H,26H2,1H3. The number of fused-ring (bicyclic) bond motifs is 3. The summed E-state index contributed by atoms with van der Waals surface area (Å²) in [5, 5.41) is 0. The van der Waals surface area contributed by atoms with Crippen molar-refractivity contribution in [1.82, 2.24) is 0 Å². The molecule has 1 aliphatic heterocycles. The zero-order valence-corrected chi connectivity index (χ0v) is 18.1. The van der Waals surface area contributed by atoms with Crippen molar-refractivity contribution in [3.05, 3.63) is 87.0 Å². The number of nitrogen functional groups attached to an aromatic ring is 1. The number of thiophene rings is 1. The molecule has 1 aromatic heterocycles. The van der Waals surface area contributed by atoms with Gasteiger partial charge in [0.25, 0.3) is 0 Å². The predicted octanol–water partition coefficient (Wildman–Crippen LogP) is 6.92. The molecule has 0 fully saturated rings. The molecule has 0 saturated carbocycles. The van der Waals surface area contributed by atoms with Crippen LogP contribution in [-0.2, 0) is 0 Å². The van der Waals surface area contributed by atoms with Crippen molar-refractivity contribution in [2.24, 2.45) is 0 Å². The van der Waals surface area contributed by atoms with Gasteiger partial charge in [0.2, 0.25) is 0 Å². The summed E-state index contributed by atoms with van der Waals surface area (Å²) < 4.78 is 13.2. The van der Waals surface area contributed by atoms with Crippen molar-refractivity contribution < 1.29 is 9.47 Å². The summed E-state index contributed by atoms with van der Waals surface area (Å²) in [4.78, 5) is 1.14. The second-order valence-corrected chi connectivity index (χ2v) is 9.36. The molecule has 0 aliphatic carbocycles. The summed E-state index contributed by atoms with van der Waals surface area (Å²) in [5.74, 6) is 1.64. The Morgan fingerprint density at radius 2 is 1.83 bits per heavy atom. The number of nitrogens with two attached hydrogens (primary N) is 1. The average molecular weight is 464 g/mol. The third-order valence-electron chi connectivity index (χ3n) is 5.18. The van der Waals surface area contributed by atoms with Gasteiger partial charge in [0.15, 0.2) is 6.10 Å². The fourth-order valence-electron chi connectivity index (χ4n) is 3.85. The van der Waals surface area contributed by atoms with Gasteiger partial charge in [-0.15, -0.1) is 11.3 Å². The first-order valence-corrected chi connectivity index (χ1v) is 10.8. The van der Waals surface area contributed by atoms with Crippen LogP contribution in [0, 0.1) is 0 Å². The van der Waals surface area contributed by atoms with Gasteiger partial charge in [0.1, 0.15) is 11.5 Å². The Kier molecular flexibility index (Phi) is 4.57. The van der Waals surface area contributed by atoms with Crippen LogP contribution >= 0.6 is 27.3 Å². The van der Waals surface area contributed by atoms with Gasteiger partial charge in [-0.05, 0) is 63.5 Å². The molecular weight excluding hydrogens is 446 g/mol. The molecule has 0 amide bonds. The highest BCUT2D eigenvalue weighted by Gasteiger charge is 2.31. The minimum absolute atomic E-state index is 0.189. The number of benzene rings is 3. The van der Waals surface area contributed by atoms with E-state index >= 15 is 0 Å². The van der Waals surface area contributed by atoms with Gasteiger partial charge in [-0.3, -0.25) is 0 Å². The van der Waals surface area contributed by atoms with Crippen molar-refractivity contribution in [3.8, 4) is 33.8 Å². The Labute approximate surface area is 181 Å². The number of hydrogen-bond acceptors (Lipinski definition) is 4. The fraction of sp³-hybridized carbons (Fsp3) is 0.0833. The molecule has 0 bridgehead atoms. The quantitative estimate of drug-likeness (QED) is 0.335. The molecule has 29 heavy (non-hydrogen) atoms. The summed E-state index contributed by atoms with van der Waals surface area (Å²) in [5.41, 5.74) is 12.3. The lowest BCUT2D eigenvalue weighted by molar-refractivity contribution is 0.246. The van der Waals surface area contributed by atoms with E-state index in [0.29, 0.717) is 0 Å². The largest absolute Gasteiger partial charge is 0.496 e. The smallest absolute Gasteiger partial charge is 0.159 e. The molecule has 2 N–H and O–H groups in total. The molecular formula is C24H18BrNO2S. The molecule has 1 unspecified atom stereocenters. The Hall–Kier alpha value is -2.76. The van der Waals surface area contributed by atoms with Crippen molar-refractivity contribution in [2.45, 2.75) is 6.10 Å². The zero-order chi connectivity index (χ0) is 20.0. The molecule has 1 aliphatic rings. The third kappa shape index (κ3) is 3.11. The Morgan fingerprint density at radius 3 is 2.59 bits per heavy atom. The van der Waals surface area contributed by atoms with Crippen molar-refractivity contribution in [3.63, 3.8) is 0 Å². The van der Waals surface area contributed by atoms with Crippen LogP contribution in [0.4, 0.5) is 5.69 Å². The molecule has 3 nitrogen and oxygen atoms in total. The van der Waals surface area contributed by atoms with Gasteiger partial charge in [-0.25, -0.2) is 0 Å². The number of ether oxygens (including phenoxy) is 2. The zero-order valence-electron chi connectivity index (χ0n) is 15.7. The molecule has 1 atom stereocenters. The fourth-order valence-corrected chi connectivity index (χ4v) is 5.32. The van der Waals surface area contributed by atoms with Crippen LogP contribution in [0.2, 0.25) is 0 Å². The summed E-state index contributed by atoms with van der Waals surface area (Å²) >= 11 is 5.26. The average Bonchev–Trinajstić information content (AvgIpc) is 3.18. The minimum Gasteiger partial charge on any atom is -0.496 e. The molecule has 4 aromatic rings. The number of para-hydroxylation sites is 1. The minimum atomic E-state index is -0.189. The second-order valence-electron chi connectivity index (χ2n) is 6.86. The first kappa shape index (κ1) is 18.3. The summed E-state index contributed by atoms with van der Waals surface area (Å²) in [6, 6.07) is 24.5. The molecule has 0 radical (unpaired) electrons. The van der Waals surface area contributed by atoms with Gasteiger partial charge in [0.05, 0.1) is 21.3 Å². The van der Waals surface area contributed by atoms with E-state index in [2.05, 4.69) is 46.3 Å². The Balaban J connectivity index is 1.75. The summed E-state index contributed by atoms with van der Waals surface area (Å²) in [6.45, 7) is 0. The highest BCUT2D eigenvalue weighted by molar-refractivity contribution is 9.11. The van der Waals surface area contributed by atoms with Gasteiger partial charge in [-0.1, -0.05) is 36.4 Å². The van der Waals surface area contributed by atoms with Crippen molar-refractivity contribution in [1.29, 1.82) is 0 Å². The van der Waals surface area contributed by atoms with Crippen LogP contribution in [0.3, 0.4) is 0 Å². The number of hydrogen-bond donors (Lipinski definition) is 1. The molecule has 0 saturated heterocycles. The molecule has 3 aromatic carbocycles. The van der Waals surface area contributed by atoms with Gasteiger partial charge in [0, 0.05) is 16.8 Å². The summed E-state index contributed by atoms with van der Waals surface area (Å²) in [7, 11) is 1.69. The lowest BCUT2D eigenvalue weighted by Gasteiger charge is -2.30. The van der Waals surface area contributed by atoms with Crippen molar-refractivity contribution >= 4 is 33.0 Å². The first-order valence-electron chi connectivity index (χ1n) is 9.24. The normalized spacial score (nSPS) is 14.6. The van der Waals surface area contributed by atoms with Gasteiger partial charge in [-0.2, -0.15) is 0 Å². The molecule has 0 spiro atoms. The van der Waals surface area contributed by atoms with E-state index in [1.165, 1.54) is 0 Å². The van der Waals surface area contributed by atoms with Gasteiger partial charge >= 0.3 is 0 Å². The Bertz CT molecular complexity index is 1220.